The van der Waals surface area contributed by atoms with Gasteiger partial charge >= 0.3 is 7.75 Å². The summed E-state index contributed by atoms with van der Waals surface area (Å²) in [6.07, 6.45) is 7.83. The van der Waals surface area contributed by atoms with Crippen molar-refractivity contribution in [1.29, 1.82) is 0 Å². The third-order valence-electron chi connectivity index (χ3n) is 11.8. The first-order chi connectivity index (χ1) is 32.4. The average Bonchev–Trinajstić information content (AvgIpc) is 4.11. The van der Waals surface area contributed by atoms with Crippen LogP contribution < -0.4 is 20.5 Å². The first-order valence-corrected chi connectivity index (χ1v) is 23.5. The average molecular weight is 949 g/mol. The number of benzene rings is 2. The van der Waals surface area contributed by atoms with Crippen molar-refractivity contribution in [2.45, 2.75) is 51.7 Å². The Labute approximate surface area is 392 Å². The minimum atomic E-state index is -4.12. The third kappa shape index (κ3) is 10.5. The molecule has 21 heteroatoms. The summed E-state index contributed by atoms with van der Waals surface area (Å²) in [6.45, 7) is 7.35. The van der Waals surface area contributed by atoms with Gasteiger partial charge in [-0.25, -0.2) is 9.55 Å². The molecule has 0 aliphatic carbocycles. The number of amides is 4. The van der Waals surface area contributed by atoms with Crippen molar-refractivity contribution in [3.63, 3.8) is 0 Å². The first kappa shape index (κ1) is 47.4. The maximum Gasteiger partial charge on any atom is 0.430 e. The number of hydrogen-bond donors (Lipinski definition) is 4. The summed E-state index contributed by atoms with van der Waals surface area (Å²) in [4.78, 5) is 89.2. The Kier molecular flexibility index (Phi) is 13.7. The fourth-order valence-electron chi connectivity index (χ4n) is 8.49. The van der Waals surface area contributed by atoms with E-state index in [1.165, 1.54) is 11.7 Å². The molecule has 2 aromatic carbocycles. The molecule has 6 heterocycles. The number of ether oxygens (including phenoxy) is 2. The molecule has 1 unspecified atom stereocenters. The van der Waals surface area contributed by atoms with Crippen LogP contribution in [0.1, 0.15) is 83.5 Å². The minimum Gasteiger partial charge on any atom is -0.493 e. The molecule has 3 aliphatic rings. The predicted molar refractivity (Wildman–Crippen MR) is 253 cm³/mol. The van der Waals surface area contributed by atoms with Crippen LogP contribution in [-0.4, -0.2) is 109 Å². The number of aryl methyl sites for hydroxylation is 4. The van der Waals surface area contributed by atoms with Gasteiger partial charge in [-0.15, -0.1) is 0 Å². The number of hydrogen-bond acceptors (Lipinski definition) is 11. The first-order valence-electron chi connectivity index (χ1n) is 21.9. The van der Waals surface area contributed by atoms with Gasteiger partial charge in [0.15, 0.2) is 11.6 Å². The Morgan fingerprint density at radius 2 is 1.68 bits per heavy atom. The van der Waals surface area contributed by atoms with Crippen molar-refractivity contribution < 1.29 is 47.4 Å². The number of methoxy groups -OCH3 is 1. The molecule has 2 atom stereocenters. The lowest BCUT2D eigenvalue weighted by Gasteiger charge is -2.20. The molecule has 4 amide bonds. The van der Waals surface area contributed by atoms with Gasteiger partial charge in [0.1, 0.15) is 17.1 Å². The monoisotopic (exact) mass is 948 g/mol. The molecule has 5 aromatic rings. The van der Waals surface area contributed by atoms with Crippen LogP contribution in [-0.2, 0) is 59.3 Å². The Morgan fingerprint density at radius 1 is 0.897 bits per heavy atom. The molecular formula is C47H53N10O10P. The molecule has 356 valence electrons. The van der Waals surface area contributed by atoms with Crippen LogP contribution in [0.15, 0.2) is 78.2 Å². The van der Waals surface area contributed by atoms with Crippen LogP contribution >= 0.6 is 7.75 Å². The topological polar surface area (TPSA) is 233 Å². The van der Waals surface area contributed by atoms with Gasteiger partial charge < -0.3 is 48.5 Å². The van der Waals surface area contributed by atoms with E-state index in [1.54, 1.807) is 107 Å². The summed E-state index contributed by atoms with van der Waals surface area (Å²) in [6, 6.07) is 11.8. The van der Waals surface area contributed by atoms with E-state index in [9.17, 15) is 33.4 Å². The fraction of sp³-hybridized carbons (Fsp3) is 0.340. The number of rotatable bonds is 18. The van der Waals surface area contributed by atoms with E-state index in [2.05, 4.69) is 32.3 Å². The number of aromatic nitrogens is 4. The molecule has 3 aliphatic heterocycles. The van der Waals surface area contributed by atoms with Gasteiger partial charge in [-0.1, -0.05) is 18.2 Å². The number of carbonyl (C=O) groups is 5. The molecule has 68 heavy (non-hydrogen) atoms. The molecule has 0 radical (unpaired) electrons. The standard InChI is InChI=1S/C47H53N10O10P/c1-28-14-35-21-48-37-20-41(29(2)15-36(37)46(61)57(35)22-28)66-11-7-8-43(59)50-42-27-55(5)44(51-42)40(58)17-30-16-38(53(3)23-30)45(60)49-34-19-39(54(4)26-34)47(62)56-24-31-9-10-33(18-32(31)25-56)52-68(63,64)67-13-12-65-6/h9-10,15-16,18-21,23,26-27,35H,1,7-8,11-14,17,22,24-25H2,2-6H3,(H,49,60)(H,50,59)(H2,52,63,64)/t35-/m0/s1. The summed E-state index contributed by atoms with van der Waals surface area (Å²) < 4.78 is 33.1. The van der Waals surface area contributed by atoms with Crippen molar-refractivity contribution in [2.24, 2.45) is 26.1 Å². The summed E-state index contributed by atoms with van der Waals surface area (Å²) in [5.41, 5.74) is 6.52. The van der Waals surface area contributed by atoms with E-state index in [0.29, 0.717) is 65.6 Å². The fourth-order valence-corrected chi connectivity index (χ4v) is 9.34. The van der Waals surface area contributed by atoms with Gasteiger partial charge in [-0.3, -0.25) is 38.6 Å². The maximum atomic E-state index is 13.7. The zero-order chi connectivity index (χ0) is 48.4. The molecule has 1 saturated heterocycles. The number of fused-ring (bicyclic) bond motifs is 3. The van der Waals surface area contributed by atoms with Gasteiger partial charge in [0, 0.05) is 97.3 Å². The number of Topliss-reactive ketones (excluding diaryl/α,β-unsaturated/α-hetero) is 1. The van der Waals surface area contributed by atoms with Crippen LogP contribution in [0, 0.1) is 6.92 Å². The highest BCUT2D eigenvalue weighted by molar-refractivity contribution is 7.54. The van der Waals surface area contributed by atoms with Crippen LogP contribution in [0.3, 0.4) is 0 Å². The highest BCUT2D eigenvalue weighted by atomic mass is 31.2. The Hall–Kier alpha value is -7.12. The van der Waals surface area contributed by atoms with E-state index in [-0.39, 0.29) is 86.1 Å². The largest absolute Gasteiger partial charge is 0.493 e. The molecular weight excluding hydrogens is 896 g/mol. The molecule has 0 bridgehead atoms. The molecule has 4 N–H and O–H groups in total. The Balaban J connectivity index is 0.805. The highest BCUT2D eigenvalue weighted by Crippen LogP contribution is 2.43. The van der Waals surface area contributed by atoms with Gasteiger partial charge in [-0.05, 0) is 72.4 Å². The smallest absolute Gasteiger partial charge is 0.430 e. The second kappa shape index (κ2) is 19.6. The van der Waals surface area contributed by atoms with Gasteiger partial charge in [0.2, 0.25) is 11.7 Å². The van der Waals surface area contributed by atoms with E-state index >= 15 is 0 Å². The SMILES string of the molecule is C=C1C[C@H]2C=Nc3cc(OCCCC(=O)Nc4cn(C)c(C(=O)Cc5cc(C(=O)Nc6cc(C(=O)N7Cc8ccc(NP(=O)(O)OCCOC)cc8C7)n(C)c6)n(C)c5)n4)c(C)cc3C(=O)N2C1. The zero-order valence-electron chi connectivity index (χ0n) is 38.4. The lowest BCUT2D eigenvalue weighted by Crippen LogP contribution is -2.35. The van der Waals surface area contributed by atoms with E-state index in [0.717, 1.165) is 22.3 Å². The number of anilines is 3. The molecule has 1 fully saturated rings. The number of aliphatic imine (C=N–C) groups is 1. The summed E-state index contributed by atoms with van der Waals surface area (Å²) in [5.74, 6) is -0.492. The number of carbonyl (C=O) groups excluding carboxylic acids is 5. The van der Waals surface area contributed by atoms with E-state index < -0.39 is 13.7 Å². The lowest BCUT2D eigenvalue weighted by molar-refractivity contribution is -0.116. The zero-order valence-corrected chi connectivity index (χ0v) is 39.3. The Bertz CT molecular complexity index is 2930. The number of nitrogens with zero attached hydrogens (tertiary/aromatic N) is 7. The predicted octanol–water partition coefficient (Wildman–Crippen LogP) is 5.70. The molecule has 8 rings (SSSR count). The third-order valence-corrected chi connectivity index (χ3v) is 12.9. The van der Waals surface area contributed by atoms with Gasteiger partial charge in [0.25, 0.3) is 17.7 Å². The van der Waals surface area contributed by atoms with Crippen molar-refractivity contribution in [1.82, 2.24) is 28.5 Å². The minimum absolute atomic E-state index is 0.0602. The number of nitrogens with one attached hydrogen (secondary N) is 3. The highest BCUT2D eigenvalue weighted by Gasteiger charge is 2.34. The van der Waals surface area contributed by atoms with Crippen LogP contribution in [0.2, 0.25) is 0 Å². The van der Waals surface area contributed by atoms with Crippen LogP contribution in [0.25, 0.3) is 0 Å². The summed E-state index contributed by atoms with van der Waals surface area (Å²) in [5, 5.41) is 8.12. The van der Waals surface area contributed by atoms with Crippen molar-refractivity contribution in [3.8, 4) is 5.75 Å². The number of imidazole rings is 1. The Morgan fingerprint density at radius 3 is 2.47 bits per heavy atom. The lowest BCUT2D eigenvalue weighted by atomic mass is 10.1. The van der Waals surface area contributed by atoms with Crippen molar-refractivity contribution >= 4 is 66.3 Å². The quantitative estimate of drug-likeness (QED) is 0.0359. The molecule has 0 saturated carbocycles. The number of ketones is 1. The summed E-state index contributed by atoms with van der Waals surface area (Å²) in [7, 11) is 2.39. The van der Waals surface area contributed by atoms with Gasteiger partial charge in [0.05, 0.1) is 42.8 Å². The summed E-state index contributed by atoms with van der Waals surface area (Å²) >= 11 is 0. The second-order valence-corrected chi connectivity index (χ2v) is 18.7. The second-order valence-electron chi connectivity index (χ2n) is 17.2. The van der Waals surface area contributed by atoms with Crippen molar-refractivity contribution in [2.75, 3.05) is 49.2 Å². The molecule has 20 nitrogen and oxygen atoms in total. The van der Waals surface area contributed by atoms with E-state index in [1.807, 2.05) is 6.92 Å². The maximum absolute atomic E-state index is 13.7. The van der Waals surface area contributed by atoms with E-state index in [4.69, 9.17) is 14.0 Å². The normalized spacial score (nSPS) is 15.9. The van der Waals surface area contributed by atoms with Gasteiger partial charge in [-0.2, -0.15) is 0 Å². The molecule has 3 aromatic heterocycles. The molecule has 0 spiro atoms. The van der Waals surface area contributed by atoms with Crippen molar-refractivity contribution in [3.05, 3.63) is 118 Å². The van der Waals surface area contributed by atoms with Crippen LogP contribution in [0.5, 0.6) is 5.75 Å². The van der Waals surface area contributed by atoms with Crippen LogP contribution in [0.4, 0.5) is 22.9 Å².